The first kappa shape index (κ1) is 22.5. The van der Waals surface area contributed by atoms with E-state index in [1.54, 1.807) is 0 Å². The molecule has 2 nitrogen and oxygen atoms in total. The van der Waals surface area contributed by atoms with Crippen LogP contribution < -0.4 is 9.47 Å². The van der Waals surface area contributed by atoms with Gasteiger partial charge in [0.25, 0.3) is 0 Å². The highest BCUT2D eigenvalue weighted by Crippen LogP contribution is 2.46. The number of ether oxygens (including phenoxy) is 2. The van der Waals surface area contributed by atoms with E-state index in [4.69, 9.17) is 9.47 Å². The van der Waals surface area contributed by atoms with Gasteiger partial charge in [0.2, 0.25) is 0 Å². The van der Waals surface area contributed by atoms with Crippen LogP contribution in [0.15, 0.2) is 72.8 Å². The third kappa shape index (κ3) is 4.40. The molecule has 35 heavy (non-hydrogen) atoms. The highest BCUT2D eigenvalue weighted by Gasteiger charge is 2.29. The molecule has 1 unspecified atom stereocenters. The molecule has 1 atom stereocenters. The maximum absolute atomic E-state index is 6.76. The summed E-state index contributed by atoms with van der Waals surface area (Å²) in [6.07, 6.45) is 9.20. The molecule has 1 saturated carbocycles. The molecule has 6 rings (SSSR count). The molecule has 2 aliphatic rings. The van der Waals surface area contributed by atoms with Crippen LogP contribution in [-0.4, -0.2) is 13.2 Å². The van der Waals surface area contributed by atoms with Crippen molar-refractivity contribution in [2.24, 2.45) is 17.8 Å². The monoisotopic (exact) mass is 464 g/mol. The van der Waals surface area contributed by atoms with Crippen LogP contribution in [0.5, 0.6) is 11.5 Å². The Kier molecular flexibility index (Phi) is 6.37. The van der Waals surface area contributed by atoms with E-state index < -0.39 is 0 Å². The van der Waals surface area contributed by atoms with Crippen LogP contribution >= 0.6 is 0 Å². The van der Waals surface area contributed by atoms with E-state index in [1.165, 1.54) is 65.6 Å². The normalized spacial score (nSPS) is 22.6. The molecule has 1 heterocycles. The molecule has 4 aromatic carbocycles. The lowest BCUT2D eigenvalue weighted by Gasteiger charge is -2.34. The summed E-state index contributed by atoms with van der Waals surface area (Å²) in [7, 11) is 0. The number of hydrogen-bond acceptors (Lipinski definition) is 2. The Morgan fingerprint density at radius 1 is 0.629 bits per heavy atom. The molecule has 0 amide bonds. The molecular weight excluding hydrogens is 428 g/mol. The number of benzene rings is 4. The van der Waals surface area contributed by atoms with Gasteiger partial charge >= 0.3 is 0 Å². The standard InChI is InChI=1S/C33H36O2/c1-2-7-23-12-14-24(15-13-23)27-20-21-34-30-18-16-25-8-3-5-10-28(25)32(30)33-29-11-6-4-9-26(29)17-19-31(33)35-22-27/h3-6,8-11,16-19,23-24,27H,2,7,12-15,20-22H2,1H3. The first-order chi connectivity index (χ1) is 17.3. The van der Waals surface area contributed by atoms with E-state index >= 15 is 0 Å². The maximum atomic E-state index is 6.76. The summed E-state index contributed by atoms with van der Waals surface area (Å²) in [6, 6.07) is 26.0. The molecule has 1 aliphatic carbocycles. The fourth-order valence-corrected chi connectivity index (χ4v) is 6.59. The van der Waals surface area contributed by atoms with E-state index in [0.29, 0.717) is 5.92 Å². The molecule has 2 heteroatoms. The van der Waals surface area contributed by atoms with Gasteiger partial charge in [-0.1, -0.05) is 93.3 Å². The van der Waals surface area contributed by atoms with Crippen LogP contribution in [0.2, 0.25) is 0 Å². The summed E-state index contributed by atoms with van der Waals surface area (Å²) < 4.78 is 13.4. The second kappa shape index (κ2) is 9.93. The Labute approximate surface area is 209 Å². The summed E-state index contributed by atoms with van der Waals surface area (Å²) in [4.78, 5) is 0. The molecule has 0 aromatic heterocycles. The zero-order chi connectivity index (χ0) is 23.6. The van der Waals surface area contributed by atoms with E-state index in [1.807, 2.05) is 0 Å². The lowest BCUT2D eigenvalue weighted by atomic mass is 9.74. The Bertz CT molecular complexity index is 1320. The van der Waals surface area contributed by atoms with Crippen molar-refractivity contribution < 1.29 is 9.47 Å². The van der Waals surface area contributed by atoms with E-state index in [-0.39, 0.29) is 0 Å². The highest BCUT2D eigenvalue weighted by atomic mass is 16.5. The molecule has 0 spiro atoms. The molecule has 1 aliphatic heterocycles. The fourth-order valence-electron chi connectivity index (χ4n) is 6.59. The van der Waals surface area contributed by atoms with Crippen LogP contribution in [0.3, 0.4) is 0 Å². The van der Waals surface area contributed by atoms with Crippen molar-refractivity contribution in [1.82, 2.24) is 0 Å². The minimum atomic E-state index is 0.541. The zero-order valence-corrected chi connectivity index (χ0v) is 20.8. The first-order valence-corrected chi connectivity index (χ1v) is 13.6. The predicted octanol–water partition coefficient (Wildman–Crippen LogP) is 9.04. The van der Waals surface area contributed by atoms with Crippen molar-refractivity contribution in [2.75, 3.05) is 13.2 Å². The van der Waals surface area contributed by atoms with Crippen LogP contribution in [0.1, 0.15) is 51.9 Å². The van der Waals surface area contributed by atoms with Gasteiger partial charge in [-0.3, -0.25) is 0 Å². The number of fused-ring (bicyclic) bond motifs is 7. The second-order valence-electron chi connectivity index (χ2n) is 10.6. The third-order valence-electron chi connectivity index (χ3n) is 8.49. The van der Waals surface area contributed by atoms with Crippen LogP contribution in [0.25, 0.3) is 32.7 Å². The molecular formula is C33H36O2. The van der Waals surface area contributed by atoms with Crippen molar-refractivity contribution in [3.8, 4) is 22.6 Å². The third-order valence-corrected chi connectivity index (χ3v) is 8.49. The predicted molar refractivity (Wildman–Crippen MR) is 146 cm³/mol. The molecule has 0 saturated heterocycles. The number of hydrogen-bond donors (Lipinski definition) is 0. The lowest BCUT2D eigenvalue weighted by Crippen LogP contribution is -2.28. The quantitative estimate of drug-likeness (QED) is 0.301. The van der Waals surface area contributed by atoms with Gasteiger partial charge < -0.3 is 9.47 Å². The molecule has 4 aromatic rings. The summed E-state index contributed by atoms with van der Waals surface area (Å²) >= 11 is 0. The van der Waals surface area contributed by atoms with Crippen molar-refractivity contribution in [2.45, 2.75) is 51.9 Å². The van der Waals surface area contributed by atoms with Crippen molar-refractivity contribution in [3.63, 3.8) is 0 Å². The smallest absolute Gasteiger partial charge is 0.127 e. The van der Waals surface area contributed by atoms with Gasteiger partial charge in [-0.15, -0.1) is 0 Å². The fraction of sp³-hybridized carbons (Fsp3) is 0.394. The average molecular weight is 465 g/mol. The van der Waals surface area contributed by atoms with Crippen LogP contribution in [0, 0.1) is 17.8 Å². The Morgan fingerprint density at radius 2 is 1.23 bits per heavy atom. The maximum Gasteiger partial charge on any atom is 0.127 e. The minimum Gasteiger partial charge on any atom is -0.493 e. The van der Waals surface area contributed by atoms with Gasteiger partial charge in [-0.05, 0) is 70.7 Å². The van der Waals surface area contributed by atoms with Gasteiger partial charge in [0.05, 0.1) is 13.2 Å². The molecule has 180 valence electrons. The number of rotatable bonds is 3. The molecule has 1 fully saturated rings. The largest absolute Gasteiger partial charge is 0.493 e. The molecule has 0 radical (unpaired) electrons. The first-order valence-electron chi connectivity index (χ1n) is 13.6. The minimum absolute atomic E-state index is 0.541. The van der Waals surface area contributed by atoms with Crippen molar-refractivity contribution in [1.29, 1.82) is 0 Å². The van der Waals surface area contributed by atoms with Crippen molar-refractivity contribution in [3.05, 3.63) is 72.8 Å². The van der Waals surface area contributed by atoms with Gasteiger partial charge in [0.1, 0.15) is 11.5 Å². The Hall–Kier alpha value is -3.00. The zero-order valence-electron chi connectivity index (χ0n) is 20.8. The average Bonchev–Trinajstić information content (AvgIpc) is 2.91. The van der Waals surface area contributed by atoms with Crippen molar-refractivity contribution >= 4 is 21.5 Å². The summed E-state index contributed by atoms with van der Waals surface area (Å²) in [5, 5.41) is 4.91. The summed E-state index contributed by atoms with van der Waals surface area (Å²) in [5.74, 6) is 4.17. The van der Waals surface area contributed by atoms with Gasteiger partial charge in [-0.25, -0.2) is 0 Å². The Morgan fingerprint density at radius 3 is 1.86 bits per heavy atom. The summed E-state index contributed by atoms with van der Waals surface area (Å²) in [6.45, 7) is 3.84. The second-order valence-corrected chi connectivity index (χ2v) is 10.6. The Balaban J connectivity index is 1.42. The van der Waals surface area contributed by atoms with Gasteiger partial charge in [-0.2, -0.15) is 0 Å². The molecule has 0 bridgehead atoms. The van der Waals surface area contributed by atoms with Crippen LogP contribution in [-0.2, 0) is 0 Å². The SMILES string of the molecule is CCCC1CCC(C2CCOc3ccc4ccccc4c3-c3c(ccc4ccccc34)OC2)CC1. The topological polar surface area (TPSA) is 18.5 Å². The van der Waals surface area contributed by atoms with E-state index in [2.05, 4.69) is 79.7 Å². The lowest BCUT2D eigenvalue weighted by molar-refractivity contribution is 0.118. The van der Waals surface area contributed by atoms with E-state index in [9.17, 15) is 0 Å². The van der Waals surface area contributed by atoms with E-state index in [0.717, 1.165) is 48.5 Å². The van der Waals surface area contributed by atoms with Gasteiger partial charge in [0.15, 0.2) is 0 Å². The van der Waals surface area contributed by atoms with Gasteiger partial charge in [0, 0.05) is 11.1 Å². The summed E-state index contributed by atoms with van der Waals surface area (Å²) in [5.41, 5.74) is 2.33. The highest BCUT2D eigenvalue weighted by molar-refractivity contribution is 6.09. The van der Waals surface area contributed by atoms with Crippen LogP contribution in [0.4, 0.5) is 0 Å². The molecule has 0 N–H and O–H groups in total.